The number of hydrogen-bond donors (Lipinski definition) is 4. The third-order valence-electron chi connectivity index (χ3n) is 1.68. The lowest BCUT2D eigenvalue weighted by atomic mass is 10.2. The highest BCUT2D eigenvalue weighted by atomic mass is 16.3. The second-order valence-electron chi connectivity index (χ2n) is 2.07. The second kappa shape index (κ2) is 3.88. The molecule has 0 aromatic heterocycles. The fraction of sp³-hybridized carbons (Fsp3) is 0.833. The van der Waals surface area contributed by atoms with Crippen LogP contribution in [0.25, 0.3) is 0 Å². The minimum absolute atomic E-state index is 0.681. The van der Waals surface area contributed by atoms with E-state index in [2.05, 4.69) is 22.9 Å². The van der Waals surface area contributed by atoms with Gasteiger partial charge in [-0.05, 0) is 28.1 Å². The average molecular weight is 146 g/mol. The molecule has 0 spiro atoms. The maximum atomic E-state index is 9.16. The van der Waals surface area contributed by atoms with E-state index in [9.17, 15) is 0 Å². The van der Waals surface area contributed by atoms with E-state index in [1.54, 1.807) is 21.1 Å². The Morgan fingerprint density at radius 2 is 1.50 bits per heavy atom. The molecular weight excluding hydrogens is 130 g/mol. The van der Waals surface area contributed by atoms with Crippen molar-refractivity contribution in [2.75, 3.05) is 21.1 Å². The predicted molar refractivity (Wildman–Crippen MR) is 41.3 cm³/mol. The Kier molecular flexibility index (Phi) is 3.81. The predicted octanol–water partition coefficient (Wildman–Crippen LogP) is -1.51. The molecule has 0 aromatic carbocycles. The molecule has 1 unspecified atom stereocenters. The second-order valence-corrected chi connectivity index (χ2v) is 2.07. The summed E-state index contributed by atoms with van der Waals surface area (Å²) in [5.74, 6) is -0.681. The highest BCUT2D eigenvalue weighted by molar-refractivity contribution is 4.87. The molecule has 4 nitrogen and oxygen atoms in total. The third kappa shape index (κ3) is 1.67. The highest BCUT2D eigenvalue weighted by Gasteiger charge is 2.29. The number of likely N-dealkylation sites (N-methyl/N-ethyl adjacent to an activating group) is 3. The van der Waals surface area contributed by atoms with Crippen LogP contribution in [-0.4, -0.2) is 38.1 Å². The van der Waals surface area contributed by atoms with Gasteiger partial charge in [0.05, 0.1) is 6.10 Å². The van der Waals surface area contributed by atoms with Crippen molar-refractivity contribution in [1.82, 2.24) is 16.0 Å². The first-order chi connectivity index (χ1) is 4.63. The minimum Gasteiger partial charge on any atom is -0.388 e. The summed E-state index contributed by atoms with van der Waals surface area (Å²) in [6, 6.07) is 0. The quantitative estimate of drug-likeness (QED) is 0.364. The van der Waals surface area contributed by atoms with Crippen molar-refractivity contribution in [3.63, 3.8) is 0 Å². The van der Waals surface area contributed by atoms with Crippen LogP contribution in [0.4, 0.5) is 0 Å². The molecule has 4 heteroatoms. The third-order valence-corrected chi connectivity index (χ3v) is 1.68. The molecule has 0 heterocycles. The van der Waals surface area contributed by atoms with Crippen molar-refractivity contribution in [2.45, 2.75) is 11.9 Å². The molecule has 0 rings (SSSR count). The molecule has 0 aromatic rings. The van der Waals surface area contributed by atoms with Gasteiger partial charge in [-0.2, -0.15) is 0 Å². The number of nitrogens with one attached hydrogen (secondary N) is 3. The van der Waals surface area contributed by atoms with Crippen molar-refractivity contribution in [3.8, 4) is 0 Å². The molecular formula is C6H16N3O. The molecule has 0 fully saturated rings. The van der Waals surface area contributed by atoms with Crippen LogP contribution >= 0.6 is 0 Å². The Labute approximate surface area is 62.0 Å². The van der Waals surface area contributed by atoms with Gasteiger partial charge in [0.1, 0.15) is 5.79 Å². The van der Waals surface area contributed by atoms with Gasteiger partial charge in [-0.25, -0.2) is 0 Å². The van der Waals surface area contributed by atoms with Crippen molar-refractivity contribution in [2.24, 2.45) is 0 Å². The summed E-state index contributed by atoms with van der Waals surface area (Å²) in [6.45, 7) is 3.49. The maximum absolute atomic E-state index is 9.16. The number of aliphatic hydroxyl groups excluding tert-OH is 1. The first-order valence-electron chi connectivity index (χ1n) is 3.21. The van der Waals surface area contributed by atoms with E-state index in [0.717, 1.165) is 0 Å². The van der Waals surface area contributed by atoms with Gasteiger partial charge in [0, 0.05) is 0 Å². The first kappa shape index (κ1) is 9.84. The molecule has 0 saturated carbocycles. The molecule has 0 aliphatic carbocycles. The molecule has 1 atom stereocenters. The highest BCUT2D eigenvalue weighted by Crippen LogP contribution is 1.98. The van der Waals surface area contributed by atoms with Gasteiger partial charge in [-0.1, -0.05) is 0 Å². The summed E-state index contributed by atoms with van der Waals surface area (Å²) < 4.78 is 0. The fourth-order valence-corrected chi connectivity index (χ4v) is 0.875. The van der Waals surface area contributed by atoms with E-state index in [1.807, 2.05) is 0 Å². The summed E-state index contributed by atoms with van der Waals surface area (Å²) in [7, 11) is 5.21. The van der Waals surface area contributed by atoms with E-state index in [1.165, 1.54) is 0 Å². The summed E-state index contributed by atoms with van der Waals surface area (Å²) in [6.07, 6.45) is -0.743. The minimum atomic E-state index is -0.743. The van der Waals surface area contributed by atoms with Gasteiger partial charge in [0.2, 0.25) is 0 Å². The van der Waals surface area contributed by atoms with Crippen molar-refractivity contribution in [3.05, 3.63) is 6.92 Å². The summed E-state index contributed by atoms with van der Waals surface area (Å²) >= 11 is 0. The van der Waals surface area contributed by atoms with E-state index < -0.39 is 11.9 Å². The number of aliphatic hydroxyl groups is 1. The van der Waals surface area contributed by atoms with Crippen LogP contribution in [0, 0.1) is 6.92 Å². The smallest absolute Gasteiger partial charge is 0.149 e. The molecule has 1 radical (unpaired) electrons. The standard InChI is InChI=1S/C6H16N3O/c1-5(10)6(7-2,8-3)9-4/h5,7-10H,1H2,2-4H3. The van der Waals surface area contributed by atoms with E-state index in [-0.39, 0.29) is 0 Å². The van der Waals surface area contributed by atoms with Gasteiger partial charge in [0.25, 0.3) is 0 Å². The molecule has 0 aliphatic heterocycles. The Balaban J connectivity index is 4.15. The normalized spacial score (nSPS) is 15.3. The molecule has 61 valence electrons. The van der Waals surface area contributed by atoms with Crippen LogP contribution in [0.1, 0.15) is 0 Å². The maximum Gasteiger partial charge on any atom is 0.149 e. The van der Waals surface area contributed by atoms with Gasteiger partial charge >= 0.3 is 0 Å². The number of rotatable bonds is 4. The van der Waals surface area contributed by atoms with Crippen LogP contribution in [-0.2, 0) is 0 Å². The van der Waals surface area contributed by atoms with Crippen molar-refractivity contribution >= 4 is 0 Å². The van der Waals surface area contributed by atoms with E-state index >= 15 is 0 Å². The SMILES string of the molecule is [CH2]C(O)C(NC)(NC)NC. The Morgan fingerprint density at radius 3 is 1.50 bits per heavy atom. The van der Waals surface area contributed by atoms with Crippen LogP contribution in [0.2, 0.25) is 0 Å². The summed E-state index contributed by atoms with van der Waals surface area (Å²) in [4.78, 5) is 0. The first-order valence-corrected chi connectivity index (χ1v) is 3.21. The zero-order valence-electron chi connectivity index (χ0n) is 6.73. The lowest BCUT2D eigenvalue weighted by Gasteiger charge is -2.35. The summed E-state index contributed by atoms with van der Waals surface area (Å²) in [5, 5.41) is 17.8. The van der Waals surface area contributed by atoms with Crippen LogP contribution < -0.4 is 16.0 Å². The molecule has 10 heavy (non-hydrogen) atoms. The average Bonchev–Trinajstić information content (AvgIpc) is 1.92. The van der Waals surface area contributed by atoms with Gasteiger partial charge in [0.15, 0.2) is 0 Å². The fourth-order valence-electron chi connectivity index (χ4n) is 0.875. The Bertz CT molecular complexity index is 82.7. The van der Waals surface area contributed by atoms with Crippen molar-refractivity contribution in [1.29, 1.82) is 0 Å². The Hall–Kier alpha value is -0.160. The molecule has 0 saturated heterocycles. The van der Waals surface area contributed by atoms with Gasteiger partial charge in [-0.3, -0.25) is 16.0 Å². The van der Waals surface area contributed by atoms with Crippen LogP contribution in [0.15, 0.2) is 0 Å². The molecule has 0 amide bonds. The monoisotopic (exact) mass is 146 g/mol. The largest absolute Gasteiger partial charge is 0.388 e. The van der Waals surface area contributed by atoms with Gasteiger partial charge in [-0.15, -0.1) is 0 Å². The van der Waals surface area contributed by atoms with E-state index in [0.29, 0.717) is 0 Å². The van der Waals surface area contributed by atoms with Crippen LogP contribution in [0.5, 0.6) is 0 Å². The van der Waals surface area contributed by atoms with Crippen LogP contribution in [0.3, 0.4) is 0 Å². The Morgan fingerprint density at radius 1 is 1.20 bits per heavy atom. The summed E-state index contributed by atoms with van der Waals surface area (Å²) in [5.41, 5.74) is 0. The van der Waals surface area contributed by atoms with Crippen molar-refractivity contribution < 1.29 is 5.11 Å². The topological polar surface area (TPSA) is 56.3 Å². The number of hydrogen-bond acceptors (Lipinski definition) is 4. The lowest BCUT2D eigenvalue weighted by molar-refractivity contribution is 0.0597. The molecule has 0 aliphatic rings. The lowest BCUT2D eigenvalue weighted by Crippen LogP contribution is -2.69. The molecule has 4 N–H and O–H groups in total. The zero-order valence-corrected chi connectivity index (χ0v) is 6.73. The van der Waals surface area contributed by atoms with Gasteiger partial charge < -0.3 is 5.11 Å². The molecule has 0 bridgehead atoms. The zero-order chi connectivity index (χ0) is 8.20. The van der Waals surface area contributed by atoms with E-state index in [4.69, 9.17) is 5.11 Å².